The zero-order valence-corrected chi connectivity index (χ0v) is 15.3. The topological polar surface area (TPSA) is 55.6 Å². The second-order valence-corrected chi connectivity index (χ2v) is 6.40. The van der Waals surface area contributed by atoms with Crippen molar-refractivity contribution >= 4 is 11.9 Å². The van der Waals surface area contributed by atoms with E-state index in [2.05, 4.69) is 6.92 Å². The molecule has 1 saturated heterocycles. The van der Waals surface area contributed by atoms with Crippen molar-refractivity contribution in [3.63, 3.8) is 0 Å². The molecular formula is C20H29NO4. The number of hydrogen-bond acceptors (Lipinski definition) is 5. The van der Waals surface area contributed by atoms with Crippen LogP contribution in [-0.2, 0) is 25.5 Å². The van der Waals surface area contributed by atoms with Gasteiger partial charge in [-0.05, 0) is 25.3 Å². The van der Waals surface area contributed by atoms with E-state index in [-0.39, 0.29) is 18.0 Å². The van der Waals surface area contributed by atoms with E-state index in [0.29, 0.717) is 26.2 Å². The Hall–Kier alpha value is -1.88. The molecule has 1 aliphatic rings. The number of ether oxygens (including phenoxy) is 2. The molecule has 25 heavy (non-hydrogen) atoms. The van der Waals surface area contributed by atoms with Crippen LogP contribution in [0.1, 0.15) is 45.1 Å². The SMILES string of the molecule is CCCCCCOC(=O)C1CN1C(Cc1ccccc1)C(=O)OCC. The van der Waals surface area contributed by atoms with Gasteiger partial charge >= 0.3 is 11.9 Å². The fourth-order valence-corrected chi connectivity index (χ4v) is 2.92. The van der Waals surface area contributed by atoms with Gasteiger partial charge in [-0.1, -0.05) is 56.5 Å². The zero-order valence-electron chi connectivity index (χ0n) is 15.3. The van der Waals surface area contributed by atoms with Gasteiger partial charge in [-0.3, -0.25) is 14.5 Å². The third kappa shape index (κ3) is 6.16. The molecule has 1 heterocycles. The lowest BCUT2D eigenvalue weighted by Crippen LogP contribution is -2.36. The van der Waals surface area contributed by atoms with Crippen LogP contribution in [0.3, 0.4) is 0 Å². The standard InChI is InChI=1S/C20H29NO4/c1-3-5-6-10-13-25-20(23)18-15-21(18)17(19(22)24-4-2)14-16-11-8-7-9-12-16/h7-9,11-12,17-18H,3-6,10,13-15H2,1-2H3. The number of nitrogens with zero attached hydrogens (tertiary/aromatic N) is 1. The fourth-order valence-electron chi connectivity index (χ4n) is 2.92. The summed E-state index contributed by atoms with van der Waals surface area (Å²) < 4.78 is 10.5. The summed E-state index contributed by atoms with van der Waals surface area (Å²) in [6, 6.07) is 9.06. The zero-order chi connectivity index (χ0) is 18.1. The van der Waals surface area contributed by atoms with Gasteiger partial charge in [-0.15, -0.1) is 0 Å². The van der Waals surface area contributed by atoms with Crippen LogP contribution in [0.5, 0.6) is 0 Å². The normalized spacial score (nSPS) is 19.9. The molecule has 0 saturated carbocycles. The van der Waals surface area contributed by atoms with E-state index in [9.17, 15) is 9.59 Å². The molecule has 0 amide bonds. The average molecular weight is 347 g/mol. The van der Waals surface area contributed by atoms with Gasteiger partial charge < -0.3 is 9.47 Å². The van der Waals surface area contributed by atoms with Gasteiger partial charge in [-0.2, -0.15) is 0 Å². The Morgan fingerprint density at radius 3 is 2.56 bits per heavy atom. The van der Waals surface area contributed by atoms with E-state index in [0.717, 1.165) is 31.2 Å². The summed E-state index contributed by atoms with van der Waals surface area (Å²) in [7, 11) is 0. The number of carbonyl (C=O) groups excluding carboxylic acids is 2. The van der Waals surface area contributed by atoms with Gasteiger partial charge in [-0.25, -0.2) is 0 Å². The summed E-state index contributed by atoms with van der Waals surface area (Å²) in [5.74, 6) is -0.497. The van der Waals surface area contributed by atoms with Crippen LogP contribution < -0.4 is 0 Å². The predicted molar refractivity (Wildman–Crippen MR) is 96.2 cm³/mol. The Morgan fingerprint density at radius 2 is 1.88 bits per heavy atom. The minimum absolute atomic E-state index is 0.223. The lowest BCUT2D eigenvalue weighted by atomic mass is 10.1. The van der Waals surface area contributed by atoms with Crippen LogP contribution in [0, 0.1) is 0 Å². The second-order valence-electron chi connectivity index (χ2n) is 6.40. The van der Waals surface area contributed by atoms with Crippen molar-refractivity contribution in [1.29, 1.82) is 0 Å². The van der Waals surface area contributed by atoms with E-state index >= 15 is 0 Å². The van der Waals surface area contributed by atoms with Crippen molar-refractivity contribution in [2.75, 3.05) is 19.8 Å². The van der Waals surface area contributed by atoms with E-state index in [4.69, 9.17) is 9.47 Å². The maximum atomic E-state index is 12.3. The Labute approximate surface area is 150 Å². The summed E-state index contributed by atoms with van der Waals surface area (Å²) in [5.41, 5.74) is 1.05. The van der Waals surface area contributed by atoms with Crippen LogP contribution in [0.15, 0.2) is 30.3 Å². The average Bonchev–Trinajstić information content (AvgIpc) is 3.41. The molecule has 1 fully saturated rings. The molecule has 0 spiro atoms. The molecule has 0 radical (unpaired) electrons. The maximum absolute atomic E-state index is 12.3. The van der Waals surface area contributed by atoms with Gasteiger partial charge in [0.1, 0.15) is 12.1 Å². The largest absolute Gasteiger partial charge is 0.465 e. The lowest BCUT2D eigenvalue weighted by molar-refractivity contribution is -0.149. The van der Waals surface area contributed by atoms with Crippen molar-refractivity contribution in [2.24, 2.45) is 0 Å². The molecule has 3 atom stereocenters. The third-order valence-electron chi connectivity index (χ3n) is 4.40. The highest BCUT2D eigenvalue weighted by Crippen LogP contribution is 2.26. The van der Waals surface area contributed by atoms with Crippen LogP contribution in [0.25, 0.3) is 0 Å². The van der Waals surface area contributed by atoms with Crippen molar-refractivity contribution in [1.82, 2.24) is 4.90 Å². The summed E-state index contributed by atoms with van der Waals surface area (Å²) in [5, 5.41) is 0. The molecule has 0 aliphatic carbocycles. The highest BCUT2D eigenvalue weighted by molar-refractivity contribution is 5.83. The molecule has 1 aromatic carbocycles. The van der Waals surface area contributed by atoms with Crippen LogP contribution in [-0.4, -0.2) is 48.7 Å². The van der Waals surface area contributed by atoms with E-state index in [1.165, 1.54) is 0 Å². The number of hydrogen-bond donors (Lipinski definition) is 0. The first kappa shape index (κ1) is 19.4. The van der Waals surface area contributed by atoms with E-state index in [1.54, 1.807) is 6.92 Å². The second kappa shape index (κ2) is 10.2. The van der Waals surface area contributed by atoms with Crippen molar-refractivity contribution in [3.8, 4) is 0 Å². The van der Waals surface area contributed by atoms with Gasteiger partial charge in [0.25, 0.3) is 0 Å². The molecule has 0 bridgehead atoms. The quantitative estimate of drug-likeness (QED) is 0.350. The lowest BCUT2D eigenvalue weighted by Gasteiger charge is -2.17. The van der Waals surface area contributed by atoms with Gasteiger partial charge in [0.15, 0.2) is 0 Å². The Bertz CT molecular complexity index is 546. The maximum Gasteiger partial charge on any atom is 0.324 e. The molecule has 1 aromatic rings. The van der Waals surface area contributed by atoms with E-state index < -0.39 is 6.04 Å². The summed E-state index contributed by atoms with van der Waals surface area (Å²) in [6.45, 7) is 5.30. The highest BCUT2D eigenvalue weighted by atomic mass is 16.5. The molecule has 138 valence electrons. The first-order chi connectivity index (χ1) is 12.2. The van der Waals surface area contributed by atoms with Crippen LogP contribution in [0.2, 0.25) is 0 Å². The highest BCUT2D eigenvalue weighted by Gasteiger charge is 2.48. The first-order valence-corrected chi connectivity index (χ1v) is 9.30. The Kier molecular flexibility index (Phi) is 7.92. The molecule has 2 rings (SSSR count). The summed E-state index contributed by atoms with van der Waals surface area (Å²) >= 11 is 0. The van der Waals surface area contributed by atoms with Crippen molar-refractivity contribution < 1.29 is 19.1 Å². The smallest absolute Gasteiger partial charge is 0.324 e. The summed E-state index contributed by atoms with van der Waals surface area (Å²) in [6.07, 6.45) is 4.84. The minimum Gasteiger partial charge on any atom is -0.465 e. The third-order valence-corrected chi connectivity index (χ3v) is 4.40. The van der Waals surface area contributed by atoms with E-state index in [1.807, 2.05) is 35.2 Å². The first-order valence-electron chi connectivity index (χ1n) is 9.30. The van der Waals surface area contributed by atoms with Crippen molar-refractivity contribution in [2.45, 2.75) is 58.0 Å². The number of carbonyl (C=O) groups is 2. The Balaban J connectivity index is 1.86. The number of esters is 2. The molecule has 5 nitrogen and oxygen atoms in total. The van der Waals surface area contributed by atoms with Gasteiger partial charge in [0.05, 0.1) is 13.2 Å². The molecule has 3 unspecified atom stereocenters. The molecular weight excluding hydrogens is 318 g/mol. The van der Waals surface area contributed by atoms with Gasteiger partial charge in [0.2, 0.25) is 0 Å². The fraction of sp³-hybridized carbons (Fsp3) is 0.600. The van der Waals surface area contributed by atoms with Crippen molar-refractivity contribution in [3.05, 3.63) is 35.9 Å². The van der Waals surface area contributed by atoms with Crippen LogP contribution in [0.4, 0.5) is 0 Å². The van der Waals surface area contributed by atoms with Crippen LogP contribution >= 0.6 is 0 Å². The number of rotatable bonds is 11. The predicted octanol–water partition coefficient (Wildman–Crippen LogP) is 2.97. The molecule has 0 N–H and O–H groups in total. The number of benzene rings is 1. The minimum atomic E-state index is -0.431. The summed E-state index contributed by atoms with van der Waals surface area (Å²) in [4.78, 5) is 26.4. The molecule has 5 heteroatoms. The number of unbranched alkanes of at least 4 members (excludes halogenated alkanes) is 3. The molecule has 1 aliphatic heterocycles. The van der Waals surface area contributed by atoms with Gasteiger partial charge in [0, 0.05) is 6.54 Å². The monoisotopic (exact) mass is 347 g/mol. The molecule has 0 aromatic heterocycles. The Morgan fingerprint density at radius 1 is 1.12 bits per heavy atom.